The van der Waals surface area contributed by atoms with Gasteiger partial charge in [0.25, 0.3) is 0 Å². The van der Waals surface area contributed by atoms with Crippen LogP contribution in [0.1, 0.15) is 17.1 Å². The van der Waals surface area contributed by atoms with Crippen LogP contribution in [0.5, 0.6) is 0 Å². The maximum atomic E-state index is 12.0. The summed E-state index contributed by atoms with van der Waals surface area (Å²) >= 11 is 0. The molecule has 0 radical (unpaired) electrons. The Kier molecular flexibility index (Phi) is 6.63. The molecule has 3 rings (SSSR count). The molecule has 1 heterocycles. The Hall–Kier alpha value is -3.76. The third-order valence-corrected chi connectivity index (χ3v) is 5.06. The van der Waals surface area contributed by atoms with Crippen molar-refractivity contribution in [3.8, 4) is 0 Å². The van der Waals surface area contributed by atoms with Gasteiger partial charge >= 0.3 is 11.8 Å². The number of aryl methyl sites for hydroxylation is 1. The highest BCUT2D eigenvalue weighted by Gasteiger charge is 2.14. The van der Waals surface area contributed by atoms with Crippen LogP contribution >= 0.6 is 0 Å². The Labute approximate surface area is 179 Å². The van der Waals surface area contributed by atoms with Gasteiger partial charge in [-0.15, -0.1) is 0 Å². The summed E-state index contributed by atoms with van der Waals surface area (Å²) in [6.07, 6.45) is 1.45. The van der Waals surface area contributed by atoms with Crippen molar-refractivity contribution in [2.75, 3.05) is 5.32 Å². The van der Waals surface area contributed by atoms with Crippen molar-refractivity contribution in [2.45, 2.75) is 18.4 Å². The van der Waals surface area contributed by atoms with Gasteiger partial charge in [-0.3, -0.25) is 14.6 Å². The summed E-state index contributed by atoms with van der Waals surface area (Å²) in [5.41, 5.74) is 2.07. The van der Waals surface area contributed by atoms with Crippen molar-refractivity contribution in [3.05, 3.63) is 77.7 Å². The van der Waals surface area contributed by atoms with Crippen molar-refractivity contribution in [1.29, 1.82) is 0 Å². The molecule has 10 heteroatoms. The molecule has 2 aromatic carbocycles. The second kappa shape index (κ2) is 9.37. The van der Waals surface area contributed by atoms with Gasteiger partial charge in [0, 0.05) is 5.69 Å². The minimum Gasteiger partial charge on any atom is -0.458 e. The number of carbonyl (C=O) groups is 2. The smallest absolute Gasteiger partial charge is 0.313 e. The molecule has 0 aliphatic heterocycles. The number of furan rings is 1. The van der Waals surface area contributed by atoms with Crippen LogP contribution in [0.2, 0.25) is 0 Å². The number of amides is 2. The number of nitrogens with one attached hydrogen (secondary N) is 2. The van der Waals surface area contributed by atoms with E-state index in [9.17, 15) is 18.0 Å². The molecule has 0 bridgehead atoms. The standard InChI is InChI=1S/C21H20N4O5S/c1-14-2-4-16(5-3-14)25-21(27)20(26)24-13-18-9-8-17(30-18)12-23-15-6-10-19(11-7-15)31(22,28)29/h2-12H,13H2,1H3,(H,24,26)(H,25,27)(H2,22,28,29). The highest BCUT2D eigenvalue weighted by Crippen LogP contribution is 2.16. The predicted octanol–water partition coefficient (Wildman–Crippen LogP) is 2.24. The molecular weight excluding hydrogens is 420 g/mol. The maximum Gasteiger partial charge on any atom is 0.313 e. The fourth-order valence-electron chi connectivity index (χ4n) is 2.49. The minimum atomic E-state index is -3.76. The van der Waals surface area contributed by atoms with E-state index >= 15 is 0 Å². The van der Waals surface area contributed by atoms with Crippen molar-refractivity contribution in [2.24, 2.45) is 10.1 Å². The van der Waals surface area contributed by atoms with Crippen molar-refractivity contribution in [1.82, 2.24) is 5.32 Å². The number of primary sulfonamides is 1. The number of anilines is 1. The quantitative estimate of drug-likeness (QED) is 0.398. The molecule has 1 aromatic heterocycles. The van der Waals surface area contributed by atoms with Gasteiger partial charge in [-0.2, -0.15) is 0 Å². The third kappa shape index (κ3) is 6.36. The molecule has 2 amide bonds. The SMILES string of the molecule is Cc1ccc(NC(=O)C(=O)NCc2ccc(C=Nc3ccc(S(N)(=O)=O)cc3)o2)cc1. The molecular formula is C21H20N4O5S. The first kappa shape index (κ1) is 21.9. The zero-order valence-corrected chi connectivity index (χ0v) is 17.3. The molecule has 0 unspecified atom stereocenters. The lowest BCUT2D eigenvalue weighted by Gasteiger charge is -2.05. The Balaban J connectivity index is 1.52. The van der Waals surface area contributed by atoms with Gasteiger partial charge in [0.1, 0.15) is 11.5 Å². The zero-order valence-electron chi connectivity index (χ0n) is 16.5. The minimum absolute atomic E-state index is 0.00566. The van der Waals surface area contributed by atoms with E-state index < -0.39 is 21.8 Å². The summed E-state index contributed by atoms with van der Waals surface area (Å²) < 4.78 is 28.0. The topological polar surface area (TPSA) is 144 Å². The van der Waals surface area contributed by atoms with Crippen LogP contribution < -0.4 is 15.8 Å². The van der Waals surface area contributed by atoms with E-state index in [0.29, 0.717) is 22.9 Å². The van der Waals surface area contributed by atoms with Gasteiger partial charge < -0.3 is 15.1 Å². The molecule has 31 heavy (non-hydrogen) atoms. The van der Waals surface area contributed by atoms with Crippen molar-refractivity contribution < 1.29 is 22.4 Å². The first-order valence-corrected chi connectivity index (χ1v) is 10.7. The Morgan fingerprint density at radius 1 is 1.00 bits per heavy atom. The van der Waals surface area contributed by atoms with Gasteiger partial charge in [0.05, 0.1) is 23.3 Å². The van der Waals surface area contributed by atoms with Crippen molar-refractivity contribution in [3.63, 3.8) is 0 Å². The van der Waals surface area contributed by atoms with E-state index in [1.54, 1.807) is 24.3 Å². The first-order chi connectivity index (χ1) is 14.7. The maximum absolute atomic E-state index is 12.0. The zero-order chi connectivity index (χ0) is 22.4. The number of nitrogens with two attached hydrogens (primary N) is 1. The number of rotatable bonds is 6. The lowest BCUT2D eigenvalue weighted by Crippen LogP contribution is -2.34. The molecule has 0 saturated heterocycles. The number of nitrogens with zero attached hydrogens (tertiary/aromatic N) is 1. The van der Waals surface area contributed by atoms with Gasteiger partial charge in [-0.25, -0.2) is 13.6 Å². The Morgan fingerprint density at radius 2 is 1.68 bits per heavy atom. The third-order valence-electron chi connectivity index (χ3n) is 4.13. The Morgan fingerprint density at radius 3 is 2.32 bits per heavy atom. The number of aliphatic imine (C=N–C) groups is 1. The first-order valence-electron chi connectivity index (χ1n) is 9.12. The van der Waals surface area contributed by atoms with Gasteiger partial charge in [-0.1, -0.05) is 17.7 Å². The molecule has 0 atom stereocenters. The van der Waals surface area contributed by atoms with Gasteiger partial charge in [-0.05, 0) is 55.5 Å². The summed E-state index contributed by atoms with van der Waals surface area (Å²) in [5, 5.41) is 10.0. The Bertz CT molecular complexity index is 1210. The highest BCUT2D eigenvalue weighted by atomic mass is 32.2. The number of carbonyl (C=O) groups excluding carboxylic acids is 2. The molecule has 3 aromatic rings. The fourth-order valence-corrected chi connectivity index (χ4v) is 3.01. The van der Waals surface area contributed by atoms with E-state index in [0.717, 1.165) is 5.56 Å². The molecule has 0 aliphatic rings. The van der Waals surface area contributed by atoms with Crippen LogP contribution in [0.3, 0.4) is 0 Å². The normalized spacial score (nSPS) is 11.4. The molecule has 0 aliphatic carbocycles. The lowest BCUT2D eigenvalue weighted by molar-refractivity contribution is -0.136. The number of sulfonamides is 1. The van der Waals surface area contributed by atoms with E-state index in [4.69, 9.17) is 9.56 Å². The second-order valence-electron chi connectivity index (χ2n) is 6.60. The van der Waals surface area contributed by atoms with Crippen LogP contribution in [-0.4, -0.2) is 26.4 Å². The summed E-state index contributed by atoms with van der Waals surface area (Å²) in [5.74, 6) is -0.714. The summed E-state index contributed by atoms with van der Waals surface area (Å²) in [7, 11) is -3.76. The largest absolute Gasteiger partial charge is 0.458 e. The average molecular weight is 440 g/mol. The van der Waals surface area contributed by atoms with Crippen LogP contribution in [0.25, 0.3) is 0 Å². The lowest BCUT2D eigenvalue weighted by atomic mass is 10.2. The molecule has 0 saturated carbocycles. The summed E-state index contributed by atoms with van der Waals surface area (Å²) in [6.45, 7) is 1.95. The van der Waals surface area contributed by atoms with Crippen LogP contribution in [0.15, 0.2) is 75.0 Å². The summed E-state index contributed by atoms with van der Waals surface area (Å²) in [6, 6.07) is 16.1. The molecule has 0 fully saturated rings. The van der Waals surface area contributed by atoms with E-state index in [2.05, 4.69) is 15.6 Å². The van der Waals surface area contributed by atoms with Crippen LogP contribution in [-0.2, 0) is 26.2 Å². The molecule has 9 nitrogen and oxygen atoms in total. The van der Waals surface area contributed by atoms with Gasteiger partial charge in [0.15, 0.2) is 0 Å². The number of benzene rings is 2. The molecule has 0 spiro atoms. The van der Waals surface area contributed by atoms with Gasteiger partial charge in [0.2, 0.25) is 10.0 Å². The van der Waals surface area contributed by atoms with E-state index in [-0.39, 0.29) is 11.4 Å². The predicted molar refractivity (Wildman–Crippen MR) is 115 cm³/mol. The average Bonchev–Trinajstić information content (AvgIpc) is 3.19. The fraction of sp³-hybridized carbons (Fsp3) is 0.0952. The molecule has 4 N–H and O–H groups in total. The molecule has 160 valence electrons. The number of hydrogen-bond acceptors (Lipinski definition) is 6. The second-order valence-corrected chi connectivity index (χ2v) is 8.17. The highest BCUT2D eigenvalue weighted by molar-refractivity contribution is 7.89. The van der Waals surface area contributed by atoms with Crippen molar-refractivity contribution >= 4 is 39.4 Å². The van der Waals surface area contributed by atoms with Crippen LogP contribution in [0, 0.1) is 6.92 Å². The number of hydrogen-bond donors (Lipinski definition) is 3. The summed E-state index contributed by atoms with van der Waals surface area (Å²) in [4.78, 5) is 28.1. The van der Waals surface area contributed by atoms with E-state index in [1.807, 2.05) is 19.1 Å². The van der Waals surface area contributed by atoms with E-state index in [1.165, 1.54) is 30.5 Å². The monoisotopic (exact) mass is 440 g/mol. The van der Waals surface area contributed by atoms with Crippen LogP contribution in [0.4, 0.5) is 11.4 Å².